The van der Waals surface area contributed by atoms with Gasteiger partial charge >= 0.3 is 0 Å². The minimum atomic E-state index is -0.142. The minimum absolute atomic E-state index is 0.142. The Morgan fingerprint density at radius 3 is 2.68 bits per heavy atom. The van der Waals surface area contributed by atoms with Gasteiger partial charge in [-0.3, -0.25) is 9.78 Å². The van der Waals surface area contributed by atoms with Crippen molar-refractivity contribution in [2.24, 2.45) is 0 Å². The summed E-state index contributed by atoms with van der Waals surface area (Å²) in [5, 5.41) is 6.59. The molecule has 1 N–H and O–H groups in total. The Kier molecular flexibility index (Phi) is 3.91. The summed E-state index contributed by atoms with van der Waals surface area (Å²) in [5.41, 5.74) is 2.31. The Balaban J connectivity index is 1.66. The van der Waals surface area contributed by atoms with Crippen molar-refractivity contribution in [3.63, 3.8) is 0 Å². The molecule has 3 rings (SSSR count). The third-order valence-corrected chi connectivity index (χ3v) is 3.10. The third-order valence-electron chi connectivity index (χ3n) is 3.10. The molecule has 0 atom stereocenters. The van der Waals surface area contributed by atoms with Crippen molar-refractivity contribution in [1.29, 1.82) is 0 Å². The van der Waals surface area contributed by atoms with Crippen LogP contribution in [-0.2, 0) is 6.54 Å². The summed E-state index contributed by atoms with van der Waals surface area (Å²) >= 11 is 0. The van der Waals surface area contributed by atoms with Crippen LogP contribution in [0.15, 0.2) is 53.3 Å². The van der Waals surface area contributed by atoms with Gasteiger partial charge in [-0.25, -0.2) is 0 Å². The van der Waals surface area contributed by atoms with E-state index in [0.717, 1.165) is 11.1 Å². The number of carbonyl (C=O) groups excluding carboxylic acids is 1. The number of amides is 1. The van der Waals surface area contributed by atoms with E-state index in [-0.39, 0.29) is 5.91 Å². The molecule has 110 valence electrons. The Hall–Kier alpha value is -3.02. The molecule has 0 saturated heterocycles. The molecule has 6 nitrogen and oxygen atoms in total. The van der Waals surface area contributed by atoms with E-state index in [0.29, 0.717) is 23.8 Å². The van der Waals surface area contributed by atoms with Gasteiger partial charge in [-0.2, -0.15) is 4.98 Å². The van der Waals surface area contributed by atoms with Crippen LogP contribution >= 0.6 is 0 Å². The monoisotopic (exact) mass is 294 g/mol. The van der Waals surface area contributed by atoms with Gasteiger partial charge in [-0.1, -0.05) is 11.2 Å². The van der Waals surface area contributed by atoms with E-state index in [1.807, 2.05) is 12.1 Å². The summed E-state index contributed by atoms with van der Waals surface area (Å²) in [6.45, 7) is 2.20. The Morgan fingerprint density at radius 1 is 1.23 bits per heavy atom. The maximum Gasteiger partial charge on any atom is 0.257 e. The van der Waals surface area contributed by atoms with Gasteiger partial charge in [0.2, 0.25) is 0 Å². The van der Waals surface area contributed by atoms with Crippen molar-refractivity contribution >= 4 is 5.91 Å². The normalized spacial score (nSPS) is 10.4. The van der Waals surface area contributed by atoms with Gasteiger partial charge in [0, 0.05) is 30.1 Å². The molecule has 0 radical (unpaired) electrons. The van der Waals surface area contributed by atoms with Crippen LogP contribution in [0.3, 0.4) is 0 Å². The Bertz CT molecular complexity index is 766. The lowest BCUT2D eigenvalue weighted by Gasteiger charge is -2.05. The van der Waals surface area contributed by atoms with Gasteiger partial charge in [0.05, 0.1) is 0 Å². The molecule has 2 heterocycles. The number of benzene rings is 1. The molecule has 3 aromatic rings. The molecule has 0 saturated carbocycles. The number of pyridine rings is 1. The first-order chi connectivity index (χ1) is 10.7. The first-order valence-corrected chi connectivity index (χ1v) is 6.80. The molecule has 6 heteroatoms. The third kappa shape index (κ3) is 3.17. The lowest BCUT2D eigenvalue weighted by molar-refractivity contribution is 0.0951. The molecule has 0 aliphatic heterocycles. The van der Waals surface area contributed by atoms with Crippen molar-refractivity contribution < 1.29 is 9.32 Å². The fraction of sp³-hybridized carbons (Fsp3) is 0.125. The molecule has 0 spiro atoms. The molecule has 22 heavy (non-hydrogen) atoms. The molecule has 1 amide bonds. The van der Waals surface area contributed by atoms with E-state index in [1.165, 1.54) is 0 Å². The minimum Gasteiger partial charge on any atom is -0.348 e. The highest BCUT2D eigenvalue weighted by Crippen LogP contribution is 2.17. The summed E-state index contributed by atoms with van der Waals surface area (Å²) in [4.78, 5) is 20.2. The molecule has 0 fully saturated rings. The van der Waals surface area contributed by atoms with E-state index in [4.69, 9.17) is 4.52 Å². The zero-order valence-electron chi connectivity index (χ0n) is 12.0. The molecule has 1 aromatic carbocycles. The van der Waals surface area contributed by atoms with Crippen molar-refractivity contribution in [2.75, 3.05) is 0 Å². The van der Waals surface area contributed by atoms with Gasteiger partial charge < -0.3 is 9.84 Å². The number of aryl methyl sites for hydroxylation is 1. The van der Waals surface area contributed by atoms with Crippen molar-refractivity contribution in [3.05, 3.63) is 65.7 Å². The topological polar surface area (TPSA) is 80.9 Å². The largest absolute Gasteiger partial charge is 0.348 e. The predicted octanol–water partition coefficient (Wildman–Crippen LogP) is 2.37. The molecule has 0 aliphatic rings. The first-order valence-electron chi connectivity index (χ1n) is 6.80. The van der Waals surface area contributed by atoms with Crippen LogP contribution in [0.5, 0.6) is 0 Å². The van der Waals surface area contributed by atoms with Gasteiger partial charge in [0.25, 0.3) is 11.8 Å². The second-order valence-electron chi connectivity index (χ2n) is 4.77. The number of hydrogen-bond donors (Lipinski definition) is 1. The average molecular weight is 294 g/mol. The van der Waals surface area contributed by atoms with Crippen LogP contribution in [0.25, 0.3) is 11.5 Å². The zero-order chi connectivity index (χ0) is 15.4. The average Bonchev–Trinajstić information content (AvgIpc) is 3.00. The van der Waals surface area contributed by atoms with E-state index in [1.54, 1.807) is 43.6 Å². The van der Waals surface area contributed by atoms with Gasteiger partial charge in [0.15, 0.2) is 5.82 Å². The molecule has 2 aromatic heterocycles. The lowest BCUT2D eigenvalue weighted by Crippen LogP contribution is -2.22. The van der Waals surface area contributed by atoms with Gasteiger partial charge in [-0.05, 0) is 42.8 Å². The van der Waals surface area contributed by atoms with Crippen molar-refractivity contribution in [1.82, 2.24) is 20.4 Å². The van der Waals surface area contributed by atoms with Crippen molar-refractivity contribution in [2.45, 2.75) is 13.5 Å². The summed E-state index contributed by atoms with van der Waals surface area (Å²) in [6, 6.07) is 10.8. The molecular formula is C16H14N4O2. The second kappa shape index (κ2) is 6.17. The highest BCUT2D eigenvalue weighted by Gasteiger charge is 2.09. The molecule has 0 aliphatic carbocycles. The number of nitrogens with one attached hydrogen (secondary N) is 1. The fourth-order valence-electron chi connectivity index (χ4n) is 1.97. The first kappa shape index (κ1) is 13.9. The Morgan fingerprint density at radius 2 is 2.05 bits per heavy atom. The lowest BCUT2D eigenvalue weighted by atomic mass is 10.1. The summed E-state index contributed by atoms with van der Waals surface area (Å²) in [6.07, 6.45) is 3.42. The predicted molar refractivity (Wildman–Crippen MR) is 79.9 cm³/mol. The summed E-state index contributed by atoms with van der Waals surface area (Å²) in [7, 11) is 0. The van der Waals surface area contributed by atoms with E-state index < -0.39 is 0 Å². The van der Waals surface area contributed by atoms with Crippen LogP contribution in [0.1, 0.15) is 21.7 Å². The standard InChI is InChI=1S/C16H14N4O2/c1-11-19-16(22-20-11)14-6-4-13(5-7-14)15(21)18-10-12-3-2-8-17-9-12/h2-9H,10H2,1H3,(H,18,21). The zero-order valence-corrected chi connectivity index (χ0v) is 12.0. The van der Waals surface area contributed by atoms with Crippen LogP contribution in [0.4, 0.5) is 0 Å². The highest BCUT2D eigenvalue weighted by molar-refractivity contribution is 5.94. The van der Waals surface area contributed by atoms with Crippen LogP contribution in [-0.4, -0.2) is 21.0 Å². The molecule has 0 unspecified atom stereocenters. The van der Waals surface area contributed by atoms with Gasteiger partial charge in [-0.15, -0.1) is 0 Å². The second-order valence-corrected chi connectivity index (χ2v) is 4.77. The molecular weight excluding hydrogens is 280 g/mol. The quantitative estimate of drug-likeness (QED) is 0.799. The SMILES string of the molecule is Cc1noc(-c2ccc(C(=O)NCc3cccnc3)cc2)n1. The van der Waals surface area contributed by atoms with Gasteiger partial charge in [0.1, 0.15) is 0 Å². The number of carbonyl (C=O) groups is 1. The molecule has 0 bridgehead atoms. The number of aromatic nitrogens is 3. The number of nitrogens with zero attached hydrogens (tertiary/aromatic N) is 3. The smallest absolute Gasteiger partial charge is 0.257 e. The number of rotatable bonds is 4. The van der Waals surface area contributed by atoms with E-state index in [2.05, 4.69) is 20.4 Å². The highest BCUT2D eigenvalue weighted by atomic mass is 16.5. The van der Waals surface area contributed by atoms with Crippen molar-refractivity contribution in [3.8, 4) is 11.5 Å². The van der Waals surface area contributed by atoms with E-state index >= 15 is 0 Å². The number of hydrogen-bond acceptors (Lipinski definition) is 5. The summed E-state index contributed by atoms with van der Waals surface area (Å²) in [5.74, 6) is 0.880. The summed E-state index contributed by atoms with van der Waals surface area (Å²) < 4.78 is 5.09. The Labute approximate surface area is 127 Å². The van der Waals surface area contributed by atoms with Crippen LogP contribution in [0.2, 0.25) is 0 Å². The maximum atomic E-state index is 12.1. The maximum absolute atomic E-state index is 12.1. The van der Waals surface area contributed by atoms with E-state index in [9.17, 15) is 4.79 Å². The van der Waals surface area contributed by atoms with Crippen LogP contribution < -0.4 is 5.32 Å². The fourth-order valence-corrected chi connectivity index (χ4v) is 1.97. The van der Waals surface area contributed by atoms with Crippen LogP contribution in [0, 0.1) is 6.92 Å².